The van der Waals surface area contributed by atoms with Gasteiger partial charge in [0.2, 0.25) is 0 Å². The van der Waals surface area contributed by atoms with Gasteiger partial charge in [-0.05, 0) is 31.9 Å². The summed E-state index contributed by atoms with van der Waals surface area (Å²) in [6, 6.07) is 3.88. The molecule has 0 amide bonds. The van der Waals surface area contributed by atoms with Gasteiger partial charge in [0.25, 0.3) is 0 Å². The molecule has 0 aromatic carbocycles. The zero-order valence-corrected chi connectivity index (χ0v) is 8.64. The quantitative estimate of drug-likeness (QED) is 0.768. The van der Waals surface area contributed by atoms with E-state index in [9.17, 15) is 0 Å². The minimum atomic E-state index is 0.0419. The lowest BCUT2D eigenvalue weighted by Crippen LogP contribution is -2.23. The van der Waals surface area contributed by atoms with Gasteiger partial charge in [0.05, 0.1) is 5.69 Å². The van der Waals surface area contributed by atoms with Gasteiger partial charge in [-0.1, -0.05) is 0 Å². The van der Waals surface area contributed by atoms with E-state index in [1.54, 1.807) is 0 Å². The molecule has 1 saturated carbocycles. The maximum absolute atomic E-state index is 5.78. The Balaban J connectivity index is 2.23. The summed E-state index contributed by atoms with van der Waals surface area (Å²) in [7, 11) is 0. The molecule has 0 spiro atoms. The van der Waals surface area contributed by atoms with Gasteiger partial charge in [0, 0.05) is 12.0 Å². The number of rotatable bonds is 2. The Kier molecular flexibility index (Phi) is 1.62. The van der Waals surface area contributed by atoms with Crippen LogP contribution >= 0.6 is 0 Å². The second-order valence-corrected chi connectivity index (χ2v) is 4.25. The van der Waals surface area contributed by atoms with E-state index in [0.29, 0.717) is 6.54 Å². The van der Waals surface area contributed by atoms with Crippen molar-refractivity contribution in [1.82, 2.24) is 19.8 Å². The van der Waals surface area contributed by atoms with Gasteiger partial charge >= 0.3 is 0 Å². The molecule has 0 aliphatic heterocycles. The third-order valence-electron chi connectivity index (χ3n) is 3.11. The Morgan fingerprint density at radius 3 is 2.87 bits per heavy atom. The summed E-state index contributed by atoms with van der Waals surface area (Å²) in [5, 5.41) is 12.7. The number of nitrogens with zero attached hydrogens (tertiary/aromatic N) is 4. The molecule has 1 fully saturated rings. The largest absolute Gasteiger partial charge is 0.329 e. The average molecular weight is 203 g/mol. The van der Waals surface area contributed by atoms with Crippen molar-refractivity contribution in [3.8, 4) is 0 Å². The predicted octanol–water partition coefficient (Wildman–Crippen LogP) is 0.423. The van der Waals surface area contributed by atoms with Gasteiger partial charge in [-0.3, -0.25) is 0 Å². The number of aryl methyl sites for hydroxylation is 1. The number of hydrogen-bond donors (Lipinski definition) is 1. The molecule has 2 aromatic heterocycles. The molecule has 5 nitrogen and oxygen atoms in total. The molecule has 1 aliphatic carbocycles. The first-order valence-corrected chi connectivity index (χ1v) is 5.15. The molecular weight excluding hydrogens is 190 g/mol. The topological polar surface area (TPSA) is 69.1 Å². The molecule has 5 heteroatoms. The highest BCUT2D eigenvalue weighted by atomic mass is 15.4. The van der Waals surface area contributed by atoms with Gasteiger partial charge in [0.1, 0.15) is 0 Å². The van der Waals surface area contributed by atoms with E-state index in [2.05, 4.69) is 15.3 Å². The SMILES string of the molecule is Cc1ccc2nnc(C3(CN)CC3)n2n1. The predicted molar refractivity (Wildman–Crippen MR) is 55.5 cm³/mol. The molecule has 0 atom stereocenters. The van der Waals surface area contributed by atoms with E-state index in [0.717, 1.165) is 30.0 Å². The lowest BCUT2D eigenvalue weighted by atomic mass is 10.1. The molecule has 2 N–H and O–H groups in total. The fraction of sp³-hybridized carbons (Fsp3) is 0.500. The van der Waals surface area contributed by atoms with Crippen LogP contribution < -0.4 is 5.73 Å². The van der Waals surface area contributed by atoms with Crippen molar-refractivity contribution >= 4 is 5.65 Å². The van der Waals surface area contributed by atoms with Gasteiger partial charge in [0.15, 0.2) is 11.5 Å². The molecule has 78 valence electrons. The third kappa shape index (κ3) is 1.16. The fourth-order valence-corrected chi connectivity index (χ4v) is 1.88. The second-order valence-electron chi connectivity index (χ2n) is 4.25. The highest BCUT2D eigenvalue weighted by Crippen LogP contribution is 2.45. The van der Waals surface area contributed by atoms with Crippen molar-refractivity contribution in [2.24, 2.45) is 5.73 Å². The van der Waals surface area contributed by atoms with Gasteiger partial charge in [-0.25, -0.2) is 0 Å². The first kappa shape index (κ1) is 8.79. The molecule has 0 saturated heterocycles. The minimum Gasteiger partial charge on any atom is -0.329 e. The van der Waals surface area contributed by atoms with Crippen LogP contribution in [0.25, 0.3) is 5.65 Å². The highest BCUT2D eigenvalue weighted by molar-refractivity contribution is 5.38. The lowest BCUT2D eigenvalue weighted by Gasteiger charge is -2.08. The zero-order chi connectivity index (χ0) is 10.5. The van der Waals surface area contributed by atoms with Crippen molar-refractivity contribution in [2.75, 3.05) is 6.54 Å². The van der Waals surface area contributed by atoms with Crippen LogP contribution in [0.4, 0.5) is 0 Å². The minimum absolute atomic E-state index is 0.0419. The van der Waals surface area contributed by atoms with Crippen LogP contribution in [0.5, 0.6) is 0 Å². The molecule has 0 bridgehead atoms. The number of nitrogens with two attached hydrogens (primary N) is 1. The maximum Gasteiger partial charge on any atom is 0.177 e. The number of fused-ring (bicyclic) bond motifs is 1. The zero-order valence-electron chi connectivity index (χ0n) is 8.64. The maximum atomic E-state index is 5.78. The van der Waals surface area contributed by atoms with Gasteiger partial charge in [-0.15, -0.1) is 10.2 Å². The van der Waals surface area contributed by atoms with E-state index in [4.69, 9.17) is 5.73 Å². The van der Waals surface area contributed by atoms with E-state index in [1.807, 2.05) is 23.6 Å². The lowest BCUT2D eigenvalue weighted by molar-refractivity contribution is 0.618. The van der Waals surface area contributed by atoms with Crippen LogP contribution in [0.15, 0.2) is 12.1 Å². The Morgan fingerprint density at radius 2 is 2.20 bits per heavy atom. The second kappa shape index (κ2) is 2.76. The molecular formula is C10H13N5. The first-order chi connectivity index (χ1) is 7.25. The molecule has 2 heterocycles. The van der Waals surface area contributed by atoms with E-state index >= 15 is 0 Å². The molecule has 2 aromatic rings. The smallest absolute Gasteiger partial charge is 0.177 e. The van der Waals surface area contributed by atoms with Crippen molar-refractivity contribution in [1.29, 1.82) is 0 Å². The summed E-state index contributed by atoms with van der Waals surface area (Å²) in [6.07, 6.45) is 2.19. The fourth-order valence-electron chi connectivity index (χ4n) is 1.88. The van der Waals surface area contributed by atoms with Crippen LogP contribution in [0.1, 0.15) is 24.4 Å². The van der Waals surface area contributed by atoms with Crippen molar-refractivity contribution in [2.45, 2.75) is 25.2 Å². The van der Waals surface area contributed by atoms with Crippen LogP contribution in [0.2, 0.25) is 0 Å². The first-order valence-electron chi connectivity index (χ1n) is 5.15. The monoisotopic (exact) mass is 203 g/mol. The molecule has 3 rings (SSSR count). The van der Waals surface area contributed by atoms with Crippen LogP contribution in [0.3, 0.4) is 0 Å². The number of hydrogen-bond acceptors (Lipinski definition) is 4. The average Bonchev–Trinajstić information content (AvgIpc) is 2.93. The van der Waals surface area contributed by atoms with E-state index in [-0.39, 0.29) is 5.41 Å². The Labute approximate surface area is 87.3 Å². The number of aromatic nitrogens is 4. The van der Waals surface area contributed by atoms with Crippen molar-refractivity contribution in [3.63, 3.8) is 0 Å². The van der Waals surface area contributed by atoms with E-state index < -0.39 is 0 Å². The normalized spacial score (nSPS) is 18.3. The van der Waals surface area contributed by atoms with E-state index in [1.165, 1.54) is 0 Å². The summed E-state index contributed by atoms with van der Waals surface area (Å²) in [6.45, 7) is 2.59. The summed E-state index contributed by atoms with van der Waals surface area (Å²) < 4.78 is 1.83. The Morgan fingerprint density at radius 1 is 1.40 bits per heavy atom. The van der Waals surface area contributed by atoms with Crippen LogP contribution in [-0.2, 0) is 5.41 Å². The van der Waals surface area contributed by atoms with Crippen LogP contribution in [-0.4, -0.2) is 26.4 Å². The molecule has 15 heavy (non-hydrogen) atoms. The van der Waals surface area contributed by atoms with Crippen molar-refractivity contribution in [3.05, 3.63) is 23.7 Å². The third-order valence-corrected chi connectivity index (χ3v) is 3.11. The van der Waals surface area contributed by atoms with Gasteiger partial charge in [-0.2, -0.15) is 9.61 Å². The summed E-state index contributed by atoms with van der Waals surface area (Å²) in [5.41, 5.74) is 7.59. The Hall–Kier alpha value is -1.49. The summed E-state index contributed by atoms with van der Waals surface area (Å²) in [4.78, 5) is 0. The van der Waals surface area contributed by atoms with Gasteiger partial charge < -0.3 is 5.73 Å². The van der Waals surface area contributed by atoms with Crippen LogP contribution in [0, 0.1) is 6.92 Å². The standard InChI is InChI=1S/C10H13N5/c1-7-2-3-8-12-13-9(15(8)14-7)10(6-11)4-5-10/h2-3H,4-6,11H2,1H3. The Bertz CT molecular complexity index is 512. The summed E-state index contributed by atoms with van der Waals surface area (Å²) >= 11 is 0. The molecule has 0 unspecified atom stereocenters. The highest BCUT2D eigenvalue weighted by Gasteiger charge is 2.47. The summed E-state index contributed by atoms with van der Waals surface area (Å²) in [5.74, 6) is 0.920. The molecule has 0 radical (unpaired) electrons. The van der Waals surface area contributed by atoms with Crippen molar-refractivity contribution < 1.29 is 0 Å². The molecule has 1 aliphatic rings.